The fraction of sp³-hybridized carbons (Fsp3) is 0.360. The van der Waals surface area contributed by atoms with Crippen LogP contribution in [-0.4, -0.2) is 54.7 Å². The van der Waals surface area contributed by atoms with Crippen molar-refractivity contribution in [3.63, 3.8) is 0 Å². The summed E-state index contributed by atoms with van der Waals surface area (Å²) in [6.45, 7) is 0. The summed E-state index contributed by atoms with van der Waals surface area (Å²) >= 11 is 0. The highest BCUT2D eigenvalue weighted by Crippen LogP contribution is 2.37. The average molecular weight is 454 g/mol. The zero-order valence-electron chi connectivity index (χ0n) is 19.3. The lowest BCUT2D eigenvalue weighted by atomic mass is 9.86. The molecular weight excluding hydrogens is 422 g/mol. The fourth-order valence-electron chi connectivity index (χ4n) is 4.65. The van der Waals surface area contributed by atoms with Gasteiger partial charge in [0.05, 0.1) is 17.7 Å². The summed E-state index contributed by atoms with van der Waals surface area (Å²) in [4.78, 5) is 4.50. The number of benzene rings is 3. The Hall–Kier alpha value is -2.77. The fourth-order valence-corrected chi connectivity index (χ4v) is 5.96. The molecule has 0 aromatic heterocycles. The molecule has 0 amide bonds. The van der Waals surface area contributed by atoms with Gasteiger partial charge in [0.2, 0.25) is 0 Å². The highest BCUT2D eigenvalue weighted by atomic mass is 32.2. The summed E-state index contributed by atoms with van der Waals surface area (Å²) in [5, 5.41) is 1.62. The van der Waals surface area contributed by atoms with Crippen molar-refractivity contribution in [1.82, 2.24) is 4.90 Å². The average Bonchev–Trinajstić information content (AvgIpc) is 2.77. The van der Waals surface area contributed by atoms with Crippen molar-refractivity contribution in [1.29, 1.82) is 0 Å². The Bertz CT molecular complexity index is 1250. The first-order chi connectivity index (χ1) is 15.2. The second kappa shape index (κ2) is 8.64. The van der Waals surface area contributed by atoms with Crippen LogP contribution in [0.5, 0.6) is 5.75 Å². The van der Waals surface area contributed by atoms with Gasteiger partial charge < -0.3 is 14.5 Å². The van der Waals surface area contributed by atoms with Crippen molar-refractivity contribution in [3.8, 4) is 5.75 Å². The van der Waals surface area contributed by atoms with Crippen LogP contribution in [0.1, 0.15) is 17.5 Å². The van der Waals surface area contributed by atoms with E-state index in [1.807, 2.05) is 55.4 Å². The zero-order valence-corrected chi connectivity index (χ0v) is 20.2. The van der Waals surface area contributed by atoms with E-state index >= 15 is 0 Å². The lowest BCUT2D eigenvalue weighted by Gasteiger charge is -2.32. The Morgan fingerprint density at radius 3 is 2.34 bits per heavy atom. The molecule has 0 unspecified atom stereocenters. The van der Waals surface area contributed by atoms with Crippen LogP contribution < -0.4 is 14.4 Å². The number of hydrogen-bond acceptors (Lipinski definition) is 5. The van der Waals surface area contributed by atoms with E-state index in [2.05, 4.69) is 23.7 Å². The summed E-state index contributed by atoms with van der Waals surface area (Å²) in [7, 11) is 5.95. The van der Waals surface area contributed by atoms with Crippen molar-refractivity contribution in [2.75, 3.05) is 44.9 Å². The molecule has 4 rings (SSSR count). The largest absolute Gasteiger partial charge is 0.496 e. The molecule has 0 fully saturated rings. The maximum absolute atomic E-state index is 13.5. The Morgan fingerprint density at radius 2 is 1.66 bits per heavy atom. The predicted molar refractivity (Wildman–Crippen MR) is 132 cm³/mol. The first-order valence-corrected chi connectivity index (χ1v) is 12.3. The van der Waals surface area contributed by atoms with Gasteiger partial charge in [0.15, 0.2) is 0 Å². The number of ether oxygens (including phenoxy) is 1. The first-order valence-electron chi connectivity index (χ1n) is 10.8. The number of fused-ring (bicyclic) bond motifs is 2. The van der Waals surface area contributed by atoms with Crippen LogP contribution in [0.3, 0.4) is 0 Å². The number of nitrogens with zero attached hydrogens (tertiary/aromatic N) is 2. The molecule has 1 aliphatic rings. The van der Waals surface area contributed by atoms with Gasteiger partial charge in [0, 0.05) is 42.2 Å². The van der Waals surface area contributed by atoms with E-state index in [9.17, 15) is 8.42 Å². The lowest BCUT2D eigenvalue weighted by molar-refractivity contribution is 0.265. The highest BCUT2D eigenvalue weighted by Gasteiger charge is 2.27. The minimum atomic E-state index is -3.79. The van der Waals surface area contributed by atoms with Crippen LogP contribution >= 0.6 is 0 Å². The molecule has 6 nitrogen and oxygen atoms in total. The van der Waals surface area contributed by atoms with Gasteiger partial charge in [-0.3, -0.25) is 4.72 Å². The molecule has 1 N–H and O–H groups in total. The molecule has 3 aromatic rings. The second-order valence-corrected chi connectivity index (χ2v) is 10.4. The molecule has 0 bridgehead atoms. The van der Waals surface area contributed by atoms with Gasteiger partial charge in [-0.25, -0.2) is 8.42 Å². The molecule has 1 atom stereocenters. The van der Waals surface area contributed by atoms with E-state index in [0.717, 1.165) is 47.2 Å². The standard InChI is InChI=1S/C25H31N3O3S/c1-27(2)17-12-13-18-21(16-17)24(31-5)15-14-22(18)26-32(29,30)25-11-7-8-19-20(25)9-6-10-23(19)28(3)4/h6-11,14-15,17,26H,12-13,16H2,1-5H3/t17-/m0/s1. The van der Waals surface area contributed by atoms with Crippen molar-refractivity contribution >= 4 is 32.2 Å². The van der Waals surface area contributed by atoms with Crippen molar-refractivity contribution in [3.05, 3.63) is 59.7 Å². The number of hydrogen-bond donors (Lipinski definition) is 1. The first kappa shape index (κ1) is 22.4. The molecule has 0 aliphatic heterocycles. The minimum Gasteiger partial charge on any atom is -0.496 e. The normalized spacial score (nSPS) is 16.1. The van der Waals surface area contributed by atoms with Gasteiger partial charge in [-0.1, -0.05) is 24.3 Å². The summed E-state index contributed by atoms with van der Waals surface area (Å²) in [6, 6.07) is 15.3. The monoisotopic (exact) mass is 453 g/mol. The molecule has 0 saturated carbocycles. The van der Waals surface area contributed by atoms with E-state index in [4.69, 9.17) is 4.74 Å². The van der Waals surface area contributed by atoms with Crippen LogP contribution in [0.15, 0.2) is 53.4 Å². The molecule has 170 valence electrons. The van der Waals surface area contributed by atoms with Gasteiger partial charge in [-0.15, -0.1) is 0 Å². The van der Waals surface area contributed by atoms with Gasteiger partial charge in [-0.2, -0.15) is 0 Å². The highest BCUT2D eigenvalue weighted by molar-refractivity contribution is 7.93. The maximum atomic E-state index is 13.5. The zero-order chi connectivity index (χ0) is 23.0. The molecule has 0 saturated heterocycles. The van der Waals surface area contributed by atoms with E-state index in [1.165, 1.54) is 0 Å². The van der Waals surface area contributed by atoms with Crippen LogP contribution in [-0.2, 0) is 22.9 Å². The third kappa shape index (κ3) is 4.02. The Labute approximate surface area is 190 Å². The summed E-state index contributed by atoms with van der Waals surface area (Å²) in [5.74, 6) is 0.815. The molecule has 0 heterocycles. The van der Waals surface area contributed by atoms with Crippen molar-refractivity contribution < 1.29 is 13.2 Å². The molecule has 32 heavy (non-hydrogen) atoms. The van der Waals surface area contributed by atoms with Crippen LogP contribution in [0.2, 0.25) is 0 Å². The number of rotatable bonds is 6. The smallest absolute Gasteiger partial charge is 0.262 e. The van der Waals surface area contributed by atoms with E-state index < -0.39 is 10.0 Å². The third-order valence-electron chi connectivity index (χ3n) is 6.38. The summed E-state index contributed by atoms with van der Waals surface area (Å²) < 4.78 is 35.6. The minimum absolute atomic E-state index is 0.283. The molecule has 0 radical (unpaired) electrons. The van der Waals surface area contributed by atoms with Gasteiger partial charge in [0.1, 0.15) is 5.75 Å². The molecular formula is C25H31N3O3S. The summed E-state index contributed by atoms with van der Waals surface area (Å²) in [5.41, 5.74) is 3.74. The van der Waals surface area contributed by atoms with Crippen LogP contribution in [0.4, 0.5) is 11.4 Å². The number of likely N-dealkylation sites (N-methyl/N-ethyl adjacent to an activating group) is 1. The van der Waals surface area contributed by atoms with Gasteiger partial charge >= 0.3 is 0 Å². The van der Waals surface area contributed by atoms with Crippen molar-refractivity contribution in [2.45, 2.75) is 30.2 Å². The van der Waals surface area contributed by atoms with E-state index in [1.54, 1.807) is 19.2 Å². The number of nitrogens with one attached hydrogen (secondary N) is 1. The Morgan fingerprint density at radius 1 is 0.938 bits per heavy atom. The van der Waals surface area contributed by atoms with Crippen molar-refractivity contribution in [2.24, 2.45) is 0 Å². The number of anilines is 2. The molecule has 0 spiro atoms. The van der Waals surface area contributed by atoms with Gasteiger partial charge in [-0.05, 0) is 63.2 Å². The quantitative estimate of drug-likeness (QED) is 0.608. The van der Waals surface area contributed by atoms with E-state index in [0.29, 0.717) is 17.1 Å². The Balaban J connectivity index is 1.77. The van der Waals surface area contributed by atoms with Gasteiger partial charge in [0.25, 0.3) is 10.0 Å². The summed E-state index contributed by atoms with van der Waals surface area (Å²) in [6.07, 6.45) is 2.61. The molecule has 7 heteroatoms. The molecule has 1 aliphatic carbocycles. The Kier molecular flexibility index (Phi) is 6.05. The van der Waals surface area contributed by atoms with E-state index in [-0.39, 0.29) is 4.90 Å². The number of methoxy groups -OCH3 is 1. The second-order valence-electron chi connectivity index (χ2n) is 8.76. The topological polar surface area (TPSA) is 61.9 Å². The third-order valence-corrected chi connectivity index (χ3v) is 7.80. The van der Waals surface area contributed by atoms with Crippen LogP contribution in [0.25, 0.3) is 10.8 Å². The van der Waals surface area contributed by atoms with Crippen LogP contribution in [0, 0.1) is 0 Å². The SMILES string of the molecule is COc1ccc(NS(=O)(=O)c2cccc3c(N(C)C)cccc23)c2c1C[C@@H](N(C)C)CC2. The molecule has 3 aromatic carbocycles. The maximum Gasteiger partial charge on any atom is 0.262 e. The predicted octanol–water partition coefficient (Wildman–Crippen LogP) is 4.13. The lowest BCUT2D eigenvalue weighted by Crippen LogP contribution is -2.34. The number of sulfonamides is 1.